The lowest BCUT2D eigenvalue weighted by Crippen LogP contribution is -2.42. The van der Waals surface area contributed by atoms with Crippen LogP contribution in [0.2, 0.25) is 0 Å². The van der Waals surface area contributed by atoms with Gasteiger partial charge in [-0.05, 0) is 31.2 Å². The summed E-state index contributed by atoms with van der Waals surface area (Å²) in [5.41, 5.74) is -1.21. The maximum Gasteiger partial charge on any atom is 0.254 e. The predicted molar refractivity (Wildman–Crippen MR) is 71.8 cm³/mol. The molecule has 2 aromatic rings. The van der Waals surface area contributed by atoms with Crippen molar-refractivity contribution in [3.8, 4) is 0 Å². The monoisotopic (exact) mass is 277 g/mol. The average molecular weight is 277 g/mol. The van der Waals surface area contributed by atoms with E-state index in [-0.39, 0.29) is 18.5 Å². The number of amides is 1. The summed E-state index contributed by atoms with van der Waals surface area (Å²) in [6.45, 7) is 1.58. The summed E-state index contributed by atoms with van der Waals surface area (Å²) < 4.78 is 18.6. The minimum Gasteiger partial charge on any atom is -0.469 e. The molecule has 0 aliphatic heterocycles. The van der Waals surface area contributed by atoms with Crippen LogP contribution in [-0.2, 0) is 6.42 Å². The number of halogens is 1. The van der Waals surface area contributed by atoms with Crippen molar-refractivity contribution in [2.45, 2.75) is 18.9 Å². The van der Waals surface area contributed by atoms with Crippen LogP contribution < -0.4 is 5.32 Å². The molecule has 4 nitrogen and oxygen atoms in total. The normalized spacial score (nSPS) is 13.8. The number of carbonyl (C=O) groups is 1. The van der Waals surface area contributed by atoms with Gasteiger partial charge >= 0.3 is 0 Å². The number of nitrogens with one attached hydrogen (secondary N) is 1. The molecule has 5 heteroatoms. The van der Waals surface area contributed by atoms with Gasteiger partial charge in [0, 0.05) is 13.0 Å². The molecule has 0 aliphatic carbocycles. The molecule has 1 aromatic heterocycles. The highest BCUT2D eigenvalue weighted by atomic mass is 19.1. The fourth-order valence-corrected chi connectivity index (χ4v) is 1.86. The Morgan fingerprint density at radius 1 is 1.35 bits per heavy atom. The summed E-state index contributed by atoms with van der Waals surface area (Å²) in [4.78, 5) is 11.8. The second-order valence-electron chi connectivity index (χ2n) is 4.92. The van der Waals surface area contributed by atoms with Crippen molar-refractivity contribution >= 4 is 5.91 Å². The van der Waals surface area contributed by atoms with Gasteiger partial charge in [0.05, 0.1) is 17.4 Å². The molecule has 0 radical (unpaired) electrons. The Morgan fingerprint density at radius 3 is 2.75 bits per heavy atom. The number of benzene rings is 1. The van der Waals surface area contributed by atoms with Crippen LogP contribution >= 0.6 is 0 Å². The second-order valence-corrected chi connectivity index (χ2v) is 4.92. The molecule has 1 aromatic carbocycles. The standard InChI is InChI=1S/C15H16FNO3/c1-15(19,9-11-5-4-8-20-11)10-17-14(18)12-6-2-3-7-13(12)16/h2-8,19H,9-10H2,1H3,(H,17,18). The summed E-state index contributed by atoms with van der Waals surface area (Å²) >= 11 is 0. The molecular formula is C15H16FNO3. The highest BCUT2D eigenvalue weighted by Gasteiger charge is 2.24. The van der Waals surface area contributed by atoms with Crippen LogP contribution in [0.4, 0.5) is 4.39 Å². The first-order valence-electron chi connectivity index (χ1n) is 6.25. The topological polar surface area (TPSA) is 62.5 Å². The minimum atomic E-state index is -1.17. The van der Waals surface area contributed by atoms with Crippen LogP contribution in [0.25, 0.3) is 0 Å². The van der Waals surface area contributed by atoms with Crippen molar-refractivity contribution in [1.82, 2.24) is 5.32 Å². The van der Waals surface area contributed by atoms with Gasteiger partial charge in [-0.15, -0.1) is 0 Å². The van der Waals surface area contributed by atoms with E-state index in [2.05, 4.69) is 5.32 Å². The van der Waals surface area contributed by atoms with Crippen molar-refractivity contribution in [1.29, 1.82) is 0 Å². The number of furan rings is 1. The van der Waals surface area contributed by atoms with Gasteiger partial charge in [0.2, 0.25) is 0 Å². The van der Waals surface area contributed by atoms with Gasteiger partial charge < -0.3 is 14.8 Å². The minimum absolute atomic E-state index is 0.000861. The van der Waals surface area contributed by atoms with Gasteiger partial charge in [-0.25, -0.2) is 4.39 Å². The summed E-state index contributed by atoms with van der Waals surface area (Å²) in [7, 11) is 0. The number of carbonyl (C=O) groups excluding carboxylic acids is 1. The highest BCUT2D eigenvalue weighted by molar-refractivity contribution is 5.94. The van der Waals surface area contributed by atoms with Gasteiger partial charge in [0.25, 0.3) is 5.91 Å². The van der Waals surface area contributed by atoms with Crippen molar-refractivity contribution in [2.24, 2.45) is 0 Å². The lowest BCUT2D eigenvalue weighted by molar-refractivity contribution is 0.0509. The fourth-order valence-electron chi connectivity index (χ4n) is 1.86. The van der Waals surface area contributed by atoms with Crippen molar-refractivity contribution < 1.29 is 18.7 Å². The lowest BCUT2D eigenvalue weighted by atomic mass is 10.0. The van der Waals surface area contributed by atoms with Crippen LogP contribution in [0.1, 0.15) is 23.0 Å². The van der Waals surface area contributed by atoms with Crippen LogP contribution in [0, 0.1) is 5.82 Å². The molecule has 1 atom stereocenters. The zero-order valence-corrected chi connectivity index (χ0v) is 11.1. The molecule has 1 heterocycles. The largest absolute Gasteiger partial charge is 0.469 e. The molecule has 0 spiro atoms. The maximum atomic E-state index is 13.4. The Balaban J connectivity index is 1.94. The van der Waals surface area contributed by atoms with Crippen LogP contribution in [0.5, 0.6) is 0 Å². The first-order valence-corrected chi connectivity index (χ1v) is 6.25. The smallest absolute Gasteiger partial charge is 0.254 e. The summed E-state index contributed by atoms with van der Waals surface area (Å²) in [6, 6.07) is 9.18. The van der Waals surface area contributed by atoms with Crippen LogP contribution in [0.3, 0.4) is 0 Å². The van der Waals surface area contributed by atoms with E-state index < -0.39 is 17.3 Å². The number of hydrogen-bond acceptors (Lipinski definition) is 3. The van der Waals surface area contributed by atoms with Gasteiger partial charge in [-0.1, -0.05) is 12.1 Å². The molecule has 0 saturated heterocycles. The predicted octanol–water partition coefficient (Wildman–Crippen LogP) is 2.14. The SMILES string of the molecule is CC(O)(CNC(=O)c1ccccc1F)Cc1ccco1. The summed E-state index contributed by atoms with van der Waals surface area (Å²) in [5, 5.41) is 12.7. The van der Waals surface area contributed by atoms with E-state index in [1.165, 1.54) is 24.5 Å². The van der Waals surface area contributed by atoms with E-state index in [1.807, 2.05) is 0 Å². The molecule has 106 valence electrons. The number of aliphatic hydroxyl groups is 1. The molecule has 1 amide bonds. The Kier molecular flexibility index (Phi) is 4.20. The quantitative estimate of drug-likeness (QED) is 0.880. The Bertz CT molecular complexity index is 579. The maximum absolute atomic E-state index is 13.4. The third-order valence-electron chi connectivity index (χ3n) is 2.88. The molecule has 0 bridgehead atoms. The zero-order chi connectivity index (χ0) is 14.6. The van der Waals surface area contributed by atoms with E-state index >= 15 is 0 Å². The van der Waals surface area contributed by atoms with Crippen LogP contribution in [0.15, 0.2) is 47.1 Å². The van der Waals surface area contributed by atoms with Gasteiger partial charge in [0.15, 0.2) is 0 Å². The third kappa shape index (κ3) is 3.68. The molecule has 0 saturated carbocycles. The Morgan fingerprint density at radius 2 is 2.10 bits per heavy atom. The number of rotatable bonds is 5. The van der Waals surface area contributed by atoms with E-state index in [0.717, 1.165) is 0 Å². The van der Waals surface area contributed by atoms with Crippen molar-refractivity contribution in [2.75, 3.05) is 6.54 Å². The second kappa shape index (κ2) is 5.88. The lowest BCUT2D eigenvalue weighted by Gasteiger charge is -2.22. The van der Waals surface area contributed by atoms with E-state index in [9.17, 15) is 14.3 Å². The first kappa shape index (κ1) is 14.3. The molecule has 1 unspecified atom stereocenters. The highest BCUT2D eigenvalue weighted by Crippen LogP contribution is 2.13. The summed E-state index contributed by atoms with van der Waals surface area (Å²) in [5.74, 6) is -0.520. The first-order chi connectivity index (χ1) is 9.48. The van der Waals surface area contributed by atoms with E-state index in [1.54, 1.807) is 25.1 Å². The zero-order valence-electron chi connectivity index (χ0n) is 11.1. The fraction of sp³-hybridized carbons (Fsp3) is 0.267. The average Bonchev–Trinajstić information content (AvgIpc) is 2.89. The third-order valence-corrected chi connectivity index (χ3v) is 2.88. The van der Waals surface area contributed by atoms with Crippen LogP contribution in [-0.4, -0.2) is 23.2 Å². The molecule has 2 N–H and O–H groups in total. The van der Waals surface area contributed by atoms with Gasteiger partial charge in [-0.3, -0.25) is 4.79 Å². The summed E-state index contributed by atoms with van der Waals surface area (Å²) in [6.07, 6.45) is 1.78. The van der Waals surface area contributed by atoms with Crippen molar-refractivity contribution in [3.05, 3.63) is 59.8 Å². The Labute approximate surface area is 116 Å². The molecule has 0 aliphatic rings. The molecular weight excluding hydrogens is 261 g/mol. The van der Waals surface area contributed by atoms with E-state index in [0.29, 0.717) is 5.76 Å². The molecule has 2 rings (SSSR count). The van der Waals surface area contributed by atoms with Gasteiger partial charge in [-0.2, -0.15) is 0 Å². The molecule has 0 fully saturated rings. The number of hydrogen-bond donors (Lipinski definition) is 2. The van der Waals surface area contributed by atoms with E-state index in [4.69, 9.17) is 4.42 Å². The van der Waals surface area contributed by atoms with Crippen molar-refractivity contribution in [3.63, 3.8) is 0 Å². The van der Waals surface area contributed by atoms with Gasteiger partial charge in [0.1, 0.15) is 11.6 Å². The molecule has 20 heavy (non-hydrogen) atoms. The Hall–Kier alpha value is -2.14.